The summed E-state index contributed by atoms with van der Waals surface area (Å²) in [5.41, 5.74) is 4.52. The Morgan fingerprint density at radius 2 is 1.80 bits per heavy atom. The molecule has 0 heteroatoms. The van der Waals surface area contributed by atoms with Crippen molar-refractivity contribution >= 4 is 0 Å². The second-order valence-corrected chi connectivity index (χ2v) is 6.30. The predicted molar refractivity (Wildman–Crippen MR) is 91.9 cm³/mol. The molecule has 1 rings (SSSR count). The first-order chi connectivity index (χ1) is 9.63. The van der Waals surface area contributed by atoms with Gasteiger partial charge in [-0.1, -0.05) is 47.9 Å². The second kappa shape index (κ2) is 9.80. The normalized spacial score (nSPS) is 21.1. The Morgan fingerprint density at radius 3 is 2.50 bits per heavy atom. The summed E-state index contributed by atoms with van der Waals surface area (Å²) in [7, 11) is 0. The Balaban J connectivity index is 2.27. The molecule has 0 nitrogen and oxygen atoms in total. The van der Waals surface area contributed by atoms with Crippen LogP contribution in [0.4, 0.5) is 0 Å². The molecular weight excluding hydrogens is 240 g/mol. The van der Waals surface area contributed by atoms with Gasteiger partial charge in [0, 0.05) is 0 Å². The van der Waals surface area contributed by atoms with Crippen molar-refractivity contribution in [1.29, 1.82) is 0 Å². The van der Waals surface area contributed by atoms with Gasteiger partial charge in [-0.3, -0.25) is 0 Å². The molecule has 0 bridgehead atoms. The van der Waals surface area contributed by atoms with E-state index in [1.54, 1.807) is 0 Å². The first kappa shape index (κ1) is 17.0. The minimum Gasteiger partial charge on any atom is -0.103 e. The average molecular weight is 272 g/mol. The zero-order chi connectivity index (χ0) is 14.8. The van der Waals surface area contributed by atoms with Crippen molar-refractivity contribution in [3.63, 3.8) is 0 Å². The minimum atomic E-state index is 0.753. The van der Waals surface area contributed by atoms with E-state index in [1.165, 1.54) is 61.7 Å². The lowest BCUT2D eigenvalue weighted by atomic mass is 9.83. The van der Waals surface area contributed by atoms with E-state index < -0.39 is 0 Å². The zero-order valence-corrected chi connectivity index (χ0v) is 13.6. The molecule has 0 saturated heterocycles. The molecule has 1 atom stereocenters. The fraction of sp³-hybridized carbons (Fsp3) is 0.600. The van der Waals surface area contributed by atoms with Gasteiger partial charge in [-0.25, -0.2) is 0 Å². The first-order valence-corrected chi connectivity index (χ1v) is 8.23. The molecule has 0 aromatic rings. The molecule has 1 saturated carbocycles. The van der Waals surface area contributed by atoms with Crippen molar-refractivity contribution in [2.24, 2.45) is 5.92 Å². The molecule has 112 valence electrons. The van der Waals surface area contributed by atoms with Crippen LogP contribution in [0.1, 0.15) is 71.6 Å². The monoisotopic (exact) mass is 272 g/mol. The van der Waals surface area contributed by atoms with Gasteiger partial charge in [0.05, 0.1) is 0 Å². The van der Waals surface area contributed by atoms with Crippen molar-refractivity contribution in [3.05, 3.63) is 48.1 Å². The summed E-state index contributed by atoms with van der Waals surface area (Å²) in [6.45, 7) is 12.5. The highest BCUT2D eigenvalue weighted by molar-refractivity contribution is 5.09. The number of allylic oxidation sites excluding steroid dienone is 6. The number of hydrogen-bond acceptors (Lipinski definition) is 0. The Morgan fingerprint density at radius 1 is 1.10 bits per heavy atom. The molecule has 1 aliphatic carbocycles. The van der Waals surface area contributed by atoms with Crippen LogP contribution >= 0.6 is 0 Å². The molecule has 0 aromatic heterocycles. The van der Waals surface area contributed by atoms with Gasteiger partial charge in [0.1, 0.15) is 0 Å². The van der Waals surface area contributed by atoms with E-state index in [1.807, 2.05) is 6.08 Å². The largest absolute Gasteiger partial charge is 0.103 e. The van der Waals surface area contributed by atoms with Crippen LogP contribution in [-0.2, 0) is 0 Å². The third kappa shape index (κ3) is 6.93. The lowest BCUT2D eigenvalue weighted by Crippen LogP contribution is -2.08. The van der Waals surface area contributed by atoms with Crippen LogP contribution in [0.5, 0.6) is 0 Å². The number of hydrogen-bond donors (Lipinski definition) is 0. The molecule has 0 radical (unpaired) electrons. The smallest absolute Gasteiger partial charge is 0.0171 e. The van der Waals surface area contributed by atoms with Gasteiger partial charge in [-0.2, -0.15) is 0 Å². The van der Waals surface area contributed by atoms with E-state index in [4.69, 9.17) is 0 Å². The molecule has 0 amide bonds. The molecule has 0 aliphatic heterocycles. The molecule has 1 fully saturated rings. The molecule has 0 N–H and O–H groups in total. The summed E-state index contributed by atoms with van der Waals surface area (Å²) >= 11 is 0. The van der Waals surface area contributed by atoms with Gasteiger partial charge in [-0.05, 0) is 71.1 Å². The lowest BCUT2D eigenvalue weighted by molar-refractivity contribution is 0.457. The quantitative estimate of drug-likeness (QED) is 0.428. The lowest BCUT2D eigenvalue weighted by Gasteiger charge is -2.23. The van der Waals surface area contributed by atoms with Crippen molar-refractivity contribution in [2.75, 3.05) is 0 Å². The van der Waals surface area contributed by atoms with E-state index in [2.05, 4.69) is 39.2 Å². The average Bonchev–Trinajstić information content (AvgIpc) is 2.44. The van der Waals surface area contributed by atoms with Crippen molar-refractivity contribution in [1.82, 2.24) is 0 Å². The molecule has 0 heterocycles. The SMILES string of the molecule is C=CCC/C(C)=C/CC/C(C)=C/CC1CCCCC1=C. The van der Waals surface area contributed by atoms with Gasteiger partial charge in [0.15, 0.2) is 0 Å². The standard InChI is InChI=1S/C20H32/c1-5-6-10-17(2)11-9-12-18(3)15-16-20-14-8-7-13-19(20)4/h5,11,15,20H,1,4,6-10,12-14,16H2,2-3H3/b17-11+,18-15+. The maximum atomic E-state index is 4.24. The van der Waals surface area contributed by atoms with Crippen LogP contribution in [0.3, 0.4) is 0 Å². The summed E-state index contributed by atoms with van der Waals surface area (Å²) < 4.78 is 0. The van der Waals surface area contributed by atoms with Crippen molar-refractivity contribution < 1.29 is 0 Å². The highest BCUT2D eigenvalue weighted by Crippen LogP contribution is 2.31. The predicted octanol–water partition coefficient (Wildman–Crippen LogP) is 6.76. The summed E-state index contributed by atoms with van der Waals surface area (Å²) in [4.78, 5) is 0. The van der Waals surface area contributed by atoms with Gasteiger partial charge >= 0.3 is 0 Å². The molecular formula is C20H32. The maximum absolute atomic E-state index is 4.24. The highest BCUT2D eigenvalue weighted by atomic mass is 14.2. The second-order valence-electron chi connectivity index (χ2n) is 6.30. The zero-order valence-electron chi connectivity index (χ0n) is 13.6. The summed E-state index contributed by atoms with van der Waals surface area (Å²) in [5, 5.41) is 0. The topological polar surface area (TPSA) is 0 Å². The Bertz CT molecular complexity index is 367. The maximum Gasteiger partial charge on any atom is -0.0171 e. The Kier molecular flexibility index (Phi) is 8.34. The van der Waals surface area contributed by atoms with E-state index in [0.717, 1.165) is 18.8 Å². The van der Waals surface area contributed by atoms with Crippen LogP contribution in [0.25, 0.3) is 0 Å². The van der Waals surface area contributed by atoms with Crippen LogP contribution in [0, 0.1) is 5.92 Å². The highest BCUT2D eigenvalue weighted by Gasteiger charge is 2.15. The van der Waals surface area contributed by atoms with Crippen molar-refractivity contribution in [3.8, 4) is 0 Å². The molecule has 0 spiro atoms. The first-order valence-electron chi connectivity index (χ1n) is 8.23. The van der Waals surface area contributed by atoms with E-state index in [-0.39, 0.29) is 0 Å². The van der Waals surface area contributed by atoms with Gasteiger partial charge in [0.25, 0.3) is 0 Å². The Labute approximate surface area is 126 Å². The minimum absolute atomic E-state index is 0.753. The van der Waals surface area contributed by atoms with Crippen molar-refractivity contribution in [2.45, 2.75) is 71.6 Å². The fourth-order valence-corrected chi connectivity index (χ4v) is 2.86. The van der Waals surface area contributed by atoms with Crippen LogP contribution in [0.15, 0.2) is 48.1 Å². The summed E-state index contributed by atoms with van der Waals surface area (Å²) in [6.07, 6.45) is 18.0. The number of rotatable bonds is 8. The Hall–Kier alpha value is -1.04. The summed E-state index contributed by atoms with van der Waals surface area (Å²) in [5.74, 6) is 0.753. The molecule has 0 aromatic carbocycles. The summed E-state index contributed by atoms with van der Waals surface area (Å²) in [6, 6.07) is 0. The van der Waals surface area contributed by atoms with E-state index in [9.17, 15) is 0 Å². The van der Waals surface area contributed by atoms with Gasteiger partial charge < -0.3 is 0 Å². The third-order valence-corrected chi connectivity index (χ3v) is 4.40. The van der Waals surface area contributed by atoms with E-state index in [0.29, 0.717) is 0 Å². The fourth-order valence-electron chi connectivity index (χ4n) is 2.86. The molecule has 20 heavy (non-hydrogen) atoms. The van der Waals surface area contributed by atoms with Gasteiger partial charge in [0.2, 0.25) is 0 Å². The van der Waals surface area contributed by atoms with E-state index >= 15 is 0 Å². The molecule has 1 aliphatic rings. The van der Waals surface area contributed by atoms with Crippen LogP contribution < -0.4 is 0 Å². The van der Waals surface area contributed by atoms with Crippen LogP contribution in [-0.4, -0.2) is 0 Å². The van der Waals surface area contributed by atoms with Gasteiger partial charge in [-0.15, -0.1) is 6.58 Å². The third-order valence-electron chi connectivity index (χ3n) is 4.40. The molecule has 1 unspecified atom stereocenters. The van der Waals surface area contributed by atoms with Crippen LogP contribution in [0.2, 0.25) is 0 Å².